The molecule has 0 fully saturated rings. The molecule has 0 bridgehead atoms. The second-order valence-electron chi connectivity index (χ2n) is 16.7. The van der Waals surface area contributed by atoms with E-state index in [9.17, 15) is 14.4 Å². The Labute approximate surface area is 359 Å². The fourth-order valence-corrected chi connectivity index (χ4v) is 7.05. The summed E-state index contributed by atoms with van der Waals surface area (Å²) >= 11 is 0. The molecule has 6 heteroatoms. The lowest BCUT2D eigenvalue weighted by atomic mass is 10.0. The van der Waals surface area contributed by atoms with Gasteiger partial charge < -0.3 is 14.2 Å². The molecule has 0 radical (unpaired) electrons. The second-order valence-corrected chi connectivity index (χ2v) is 16.7. The summed E-state index contributed by atoms with van der Waals surface area (Å²) in [4.78, 5) is 37.9. The standard InChI is InChI=1S/C52H94O6/c1-4-7-10-13-16-19-22-25-26-28-30-33-36-39-42-45-51(54)57-48-49(47-56-50(53)44-41-38-35-32-29-24-21-18-15-12-9-6-3)58-52(55)46-43-40-37-34-31-27-23-20-17-14-11-8-5-2/h16,19-20,23,25-26,49H,4-15,17-18,21-22,24,27-48H2,1-3H3/b19-16-,23-20-,26-25-. The van der Waals surface area contributed by atoms with Crippen LogP contribution in [-0.2, 0) is 28.6 Å². The number of carbonyl (C=O) groups excluding carboxylic acids is 3. The lowest BCUT2D eigenvalue weighted by Crippen LogP contribution is -2.30. The van der Waals surface area contributed by atoms with Crippen LogP contribution in [0.3, 0.4) is 0 Å². The Morgan fingerprint density at radius 1 is 0.345 bits per heavy atom. The fourth-order valence-electron chi connectivity index (χ4n) is 7.05. The van der Waals surface area contributed by atoms with Gasteiger partial charge in [0, 0.05) is 19.3 Å². The van der Waals surface area contributed by atoms with E-state index in [1.165, 1.54) is 128 Å². The first-order valence-electron chi connectivity index (χ1n) is 25.0. The van der Waals surface area contributed by atoms with Gasteiger partial charge >= 0.3 is 17.9 Å². The number of unbranched alkanes of at least 4 members (excludes halogenated alkanes) is 28. The summed E-state index contributed by atoms with van der Waals surface area (Å²) < 4.78 is 16.8. The van der Waals surface area contributed by atoms with Gasteiger partial charge in [-0.25, -0.2) is 0 Å². The van der Waals surface area contributed by atoms with E-state index < -0.39 is 6.10 Å². The van der Waals surface area contributed by atoms with Crippen molar-refractivity contribution in [3.8, 4) is 0 Å². The van der Waals surface area contributed by atoms with Gasteiger partial charge in [-0.1, -0.05) is 198 Å². The van der Waals surface area contributed by atoms with Crippen LogP contribution < -0.4 is 0 Å². The van der Waals surface area contributed by atoms with Gasteiger partial charge in [-0.15, -0.1) is 0 Å². The van der Waals surface area contributed by atoms with E-state index in [1.54, 1.807) is 0 Å². The topological polar surface area (TPSA) is 78.9 Å². The third-order valence-corrected chi connectivity index (χ3v) is 10.9. The maximum Gasteiger partial charge on any atom is 0.306 e. The number of hydrogen-bond donors (Lipinski definition) is 0. The molecule has 58 heavy (non-hydrogen) atoms. The predicted molar refractivity (Wildman–Crippen MR) is 247 cm³/mol. The Kier molecular flexibility index (Phi) is 45.4. The minimum absolute atomic E-state index is 0.0775. The fraction of sp³-hybridized carbons (Fsp3) is 0.827. The maximum atomic E-state index is 12.8. The third-order valence-electron chi connectivity index (χ3n) is 10.9. The Hall–Kier alpha value is -2.37. The van der Waals surface area contributed by atoms with Crippen LogP contribution in [0.15, 0.2) is 36.5 Å². The molecular formula is C52H94O6. The van der Waals surface area contributed by atoms with E-state index in [2.05, 4.69) is 57.2 Å². The van der Waals surface area contributed by atoms with Crippen molar-refractivity contribution in [2.45, 2.75) is 264 Å². The van der Waals surface area contributed by atoms with Gasteiger partial charge in [-0.2, -0.15) is 0 Å². The minimum Gasteiger partial charge on any atom is -0.462 e. The number of allylic oxidation sites excluding steroid dienone is 6. The number of ether oxygens (including phenoxy) is 3. The summed E-state index contributed by atoms with van der Waals surface area (Å²) in [6.07, 6.45) is 54.0. The lowest BCUT2D eigenvalue weighted by Gasteiger charge is -2.18. The smallest absolute Gasteiger partial charge is 0.306 e. The number of rotatable bonds is 45. The van der Waals surface area contributed by atoms with E-state index in [1.807, 2.05) is 0 Å². The molecule has 0 heterocycles. The highest BCUT2D eigenvalue weighted by Crippen LogP contribution is 2.15. The Morgan fingerprint density at radius 3 is 1.02 bits per heavy atom. The van der Waals surface area contributed by atoms with Crippen LogP contribution in [0.2, 0.25) is 0 Å². The number of esters is 3. The van der Waals surface area contributed by atoms with Gasteiger partial charge in [0.05, 0.1) is 0 Å². The normalized spacial score (nSPS) is 12.3. The molecule has 0 saturated heterocycles. The zero-order valence-electron chi connectivity index (χ0n) is 38.6. The predicted octanol–water partition coefficient (Wildman–Crippen LogP) is 16.1. The first-order chi connectivity index (χ1) is 28.5. The quantitative estimate of drug-likeness (QED) is 0.0264. The summed E-state index contributed by atoms with van der Waals surface area (Å²) in [6, 6.07) is 0. The van der Waals surface area contributed by atoms with Gasteiger partial charge in [0.2, 0.25) is 0 Å². The maximum absolute atomic E-state index is 12.8. The SMILES string of the molecule is CCCCC/C=C\C/C=C\CCCCCCCC(=O)OCC(COC(=O)CCCCCCCCCCCCCC)OC(=O)CCCCCCC/C=C\CCCCCC. The van der Waals surface area contributed by atoms with Crippen molar-refractivity contribution in [2.75, 3.05) is 13.2 Å². The monoisotopic (exact) mass is 815 g/mol. The van der Waals surface area contributed by atoms with Crippen molar-refractivity contribution in [3.63, 3.8) is 0 Å². The van der Waals surface area contributed by atoms with Crippen LogP contribution >= 0.6 is 0 Å². The first kappa shape index (κ1) is 55.6. The van der Waals surface area contributed by atoms with Crippen LogP contribution in [0, 0.1) is 0 Å². The minimum atomic E-state index is -0.777. The van der Waals surface area contributed by atoms with Crippen LogP contribution in [0.4, 0.5) is 0 Å². The molecule has 0 aromatic heterocycles. The van der Waals surface area contributed by atoms with Crippen LogP contribution in [0.5, 0.6) is 0 Å². The van der Waals surface area contributed by atoms with Crippen molar-refractivity contribution in [2.24, 2.45) is 0 Å². The Balaban J connectivity index is 4.39. The van der Waals surface area contributed by atoms with E-state index in [0.717, 1.165) is 89.9 Å². The van der Waals surface area contributed by atoms with Crippen molar-refractivity contribution in [1.82, 2.24) is 0 Å². The van der Waals surface area contributed by atoms with Gasteiger partial charge in [0.15, 0.2) is 6.10 Å². The van der Waals surface area contributed by atoms with Crippen molar-refractivity contribution in [1.29, 1.82) is 0 Å². The number of hydrogen-bond acceptors (Lipinski definition) is 6. The zero-order chi connectivity index (χ0) is 42.3. The van der Waals surface area contributed by atoms with Gasteiger partial charge in [-0.3, -0.25) is 14.4 Å². The molecule has 0 aromatic carbocycles. The summed E-state index contributed by atoms with van der Waals surface area (Å²) in [6.45, 7) is 6.58. The molecule has 0 amide bonds. The van der Waals surface area contributed by atoms with Crippen molar-refractivity contribution in [3.05, 3.63) is 36.5 Å². The third kappa shape index (κ3) is 44.7. The second kappa shape index (κ2) is 47.3. The Morgan fingerprint density at radius 2 is 0.621 bits per heavy atom. The molecule has 1 unspecified atom stereocenters. The van der Waals surface area contributed by atoms with Crippen LogP contribution in [0.1, 0.15) is 258 Å². The van der Waals surface area contributed by atoms with Crippen LogP contribution in [-0.4, -0.2) is 37.2 Å². The average molecular weight is 815 g/mol. The Bertz CT molecular complexity index is 984. The van der Waals surface area contributed by atoms with Gasteiger partial charge in [0.1, 0.15) is 13.2 Å². The van der Waals surface area contributed by atoms with Crippen molar-refractivity contribution < 1.29 is 28.6 Å². The molecule has 6 nitrogen and oxygen atoms in total. The molecule has 0 aromatic rings. The van der Waals surface area contributed by atoms with E-state index in [0.29, 0.717) is 19.3 Å². The highest BCUT2D eigenvalue weighted by molar-refractivity contribution is 5.71. The summed E-state index contributed by atoms with van der Waals surface area (Å²) in [7, 11) is 0. The zero-order valence-corrected chi connectivity index (χ0v) is 38.6. The average Bonchev–Trinajstić information content (AvgIpc) is 3.22. The molecule has 0 N–H and O–H groups in total. The largest absolute Gasteiger partial charge is 0.462 e. The molecule has 0 saturated carbocycles. The van der Waals surface area contributed by atoms with E-state index >= 15 is 0 Å². The molecule has 0 aliphatic heterocycles. The molecule has 0 spiro atoms. The molecule has 1 atom stereocenters. The molecule has 338 valence electrons. The molecule has 0 aliphatic carbocycles. The number of carbonyl (C=O) groups is 3. The molecule has 0 rings (SSSR count). The van der Waals surface area contributed by atoms with Gasteiger partial charge in [-0.05, 0) is 77.0 Å². The van der Waals surface area contributed by atoms with E-state index in [4.69, 9.17) is 14.2 Å². The highest BCUT2D eigenvalue weighted by atomic mass is 16.6. The summed E-state index contributed by atoms with van der Waals surface area (Å²) in [5, 5.41) is 0. The van der Waals surface area contributed by atoms with Gasteiger partial charge in [0.25, 0.3) is 0 Å². The van der Waals surface area contributed by atoms with Crippen molar-refractivity contribution >= 4 is 17.9 Å². The first-order valence-corrected chi connectivity index (χ1v) is 25.0. The highest BCUT2D eigenvalue weighted by Gasteiger charge is 2.19. The molecule has 0 aliphatic rings. The molecular weight excluding hydrogens is 721 g/mol. The van der Waals surface area contributed by atoms with Crippen LogP contribution in [0.25, 0.3) is 0 Å². The summed E-state index contributed by atoms with van der Waals surface area (Å²) in [5.41, 5.74) is 0. The lowest BCUT2D eigenvalue weighted by molar-refractivity contribution is -0.167. The van der Waals surface area contributed by atoms with E-state index in [-0.39, 0.29) is 31.1 Å². The summed E-state index contributed by atoms with van der Waals surface area (Å²) in [5.74, 6) is -0.894.